The third-order valence-electron chi connectivity index (χ3n) is 6.33. The number of carbonyl (C=O) groups excluding carboxylic acids is 2. The highest BCUT2D eigenvalue weighted by atomic mass is 35.5. The number of benzene rings is 2. The van der Waals surface area contributed by atoms with Crippen LogP contribution in [0.4, 0.5) is 5.69 Å². The van der Waals surface area contributed by atoms with Gasteiger partial charge in [0.15, 0.2) is 0 Å². The molecule has 2 rings (SSSR count). The lowest BCUT2D eigenvalue weighted by atomic mass is 10.1. The molecular formula is C28H40ClN3O4S. The molecule has 0 fully saturated rings. The highest BCUT2D eigenvalue weighted by Crippen LogP contribution is 2.23. The van der Waals surface area contributed by atoms with Crippen molar-refractivity contribution < 1.29 is 18.0 Å². The molecule has 2 unspecified atom stereocenters. The fraction of sp³-hybridized carbons (Fsp3) is 0.500. The Morgan fingerprint density at radius 3 is 2.19 bits per heavy atom. The van der Waals surface area contributed by atoms with Crippen LogP contribution in [0, 0.1) is 13.8 Å². The number of nitrogens with one attached hydrogen (secondary N) is 1. The molecule has 2 aromatic rings. The molecule has 0 saturated carbocycles. The molecule has 0 aliphatic carbocycles. The van der Waals surface area contributed by atoms with Gasteiger partial charge in [-0.3, -0.25) is 13.9 Å². The molecule has 0 aromatic heterocycles. The number of anilines is 1. The number of carbonyl (C=O) groups is 2. The molecule has 9 heteroatoms. The first-order valence-electron chi connectivity index (χ1n) is 12.8. The Morgan fingerprint density at radius 2 is 1.65 bits per heavy atom. The second kappa shape index (κ2) is 13.8. The van der Waals surface area contributed by atoms with Gasteiger partial charge in [-0.2, -0.15) is 0 Å². The summed E-state index contributed by atoms with van der Waals surface area (Å²) in [5.74, 6) is -0.426. The van der Waals surface area contributed by atoms with E-state index in [0.29, 0.717) is 23.6 Å². The predicted molar refractivity (Wildman–Crippen MR) is 151 cm³/mol. The second-order valence-corrected chi connectivity index (χ2v) is 12.0. The van der Waals surface area contributed by atoms with Crippen molar-refractivity contribution in [3.63, 3.8) is 0 Å². The minimum atomic E-state index is -3.55. The van der Waals surface area contributed by atoms with E-state index in [-0.39, 0.29) is 37.4 Å². The Labute approximate surface area is 227 Å². The second-order valence-electron chi connectivity index (χ2n) is 9.64. The molecule has 0 heterocycles. The van der Waals surface area contributed by atoms with Crippen molar-refractivity contribution in [1.29, 1.82) is 0 Å². The topological polar surface area (TPSA) is 86.8 Å². The molecule has 0 aliphatic rings. The van der Waals surface area contributed by atoms with E-state index in [0.717, 1.165) is 23.1 Å². The average Bonchev–Trinajstić information content (AvgIpc) is 2.81. The molecule has 0 aliphatic heterocycles. The Bertz CT molecular complexity index is 1170. The van der Waals surface area contributed by atoms with Gasteiger partial charge in [-0.1, -0.05) is 49.7 Å². The summed E-state index contributed by atoms with van der Waals surface area (Å²) >= 11 is 6.38. The number of nitrogens with zero attached hydrogens (tertiary/aromatic N) is 2. The summed E-state index contributed by atoms with van der Waals surface area (Å²) in [4.78, 5) is 28.2. The highest BCUT2D eigenvalue weighted by Gasteiger charge is 2.30. The Balaban J connectivity index is 2.26. The molecule has 2 amide bonds. The maximum Gasteiger partial charge on any atom is 0.243 e. The van der Waals surface area contributed by atoms with Crippen LogP contribution >= 0.6 is 11.6 Å². The minimum absolute atomic E-state index is 0.0140. The van der Waals surface area contributed by atoms with Gasteiger partial charge in [0, 0.05) is 30.6 Å². The molecule has 2 atom stereocenters. The maximum atomic E-state index is 13.5. The molecule has 7 nitrogen and oxygen atoms in total. The maximum absolute atomic E-state index is 13.5. The Morgan fingerprint density at radius 1 is 1.03 bits per heavy atom. The van der Waals surface area contributed by atoms with Crippen molar-refractivity contribution in [3.05, 3.63) is 64.2 Å². The van der Waals surface area contributed by atoms with Gasteiger partial charge >= 0.3 is 0 Å². The first-order chi connectivity index (χ1) is 17.4. The molecular weight excluding hydrogens is 510 g/mol. The van der Waals surface area contributed by atoms with Gasteiger partial charge in [0.1, 0.15) is 6.04 Å². The zero-order chi connectivity index (χ0) is 27.8. The Hall–Kier alpha value is -2.58. The van der Waals surface area contributed by atoms with Gasteiger partial charge in [-0.05, 0) is 74.9 Å². The van der Waals surface area contributed by atoms with Crippen LogP contribution in [0.5, 0.6) is 0 Å². The van der Waals surface area contributed by atoms with E-state index in [4.69, 9.17) is 11.6 Å². The summed E-state index contributed by atoms with van der Waals surface area (Å²) < 4.78 is 26.5. The molecule has 37 heavy (non-hydrogen) atoms. The van der Waals surface area contributed by atoms with E-state index in [9.17, 15) is 18.0 Å². The first kappa shape index (κ1) is 30.6. The van der Waals surface area contributed by atoms with E-state index in [1.807, 2.05) is 71.0 Å². The number of hydrogen-bond acceptors (Lipinski definition) is 4. The van der Waals surface area contributed by atoms with Crippen molar-refractivity contribution in [2.75, 3.05) is 17.1 Å². The van der Waals surface area contributed by atoms with Crippen LogP contribution in [-0.2, 0) is 26.2 Å². The summed E-state index contributed by atoms with van der Waals surface area (Å²) in [5, 5.41) is 3.51. The van der Waals surface area contributed by atoms with Crippen molar-refractivity contribution in [2.24, 2.45) is 0 Å². The monoisotopic (exact) mass is 549 g/mol. The van der Waals surface area contributed by atoms with Gasteiger partial charge < -0.3 is 10.2 Å². The van der Waals surface area contributed by atoms with Gasteiger partial charge in [0.25, 0.3) is 0 Å². The molecule has 0 saturated heterocycles. The summed E-state index contributed by atoms with van der Waals surface area (Å²) in [6, 6.07) is 12.2. The number of sulfonamides is 1. The third kappa shape index (κ3) is 9.04. The zero-order valence-corrected chi connectivity index (χ0v) is 24.3. The fourth-order valence-electron chi connectivity index (χ4n) is 4.27. The molecule has 204 valence electrons. The van der Waals surface area contributed by atoms with E-state index >= 15 is 0 Å². The largest absolute Gasteiger partial charge is 0.352 e. The van der Waals surface area contributed by atoms with Gasteiger partial charge in [-0.25, -0.2) is 8.42 Å². The molecule has 0 bridgehead atoms. The van der Waals surface area contributed by atoms with Crippen LogP contribution in [-0.4, -0.2) is 50.0 Å². The number of hydrogen-bond donors (Lipinski definition) is 1. The highest BCUT2D eigenvalue weighted by molar-refractivity contribution is 7.92. The summed E-state index contributed by atoms with van der Waals surface area (Å²) in [6.45, 7) is 9.98. The molecule has 1 N–H and O–H groups in total. The normalized spacial score (nSPS) is 13.1. The third-order valence-corrected chi connectivity index (χ3v) is 7.89. The molecule has 0 spiro atoms. The summed E-state index contributed by atoms with van der Waals surface area (Å²) in [6.07, 6.45) is 2.79. The van der Waals surface area contributed by atoms with Gasteiger partial charge in [0.2, 0.25) is 21.8 Å². The fourth-order valence-corrected chi connectivity index (χ4v) is 5.41. The zero-order valence-electron chi connectivity index (χ0n) is 22.8. The van der Waals surface area contributed by atoms with Crippen molar-refractivity contribution in [1.82, 2.24) is 10.2 Å². The van der Waals surface area contributed by atoms with Crippen molar-refractivity contribution >= 4 is 39.1 Å². The summed E-state index contributed by atoms with van der Waals surface area (Å²) in [5.41, 5.74) is 3.26. The quantitative estimate of drug-likeness (QED) is 0.371. The smallest absolute Gasteiger partial charge is 0.243 e. The van der Waals surface area contributed by atoms with Crippen molar-refractivity contribution in [2.45, 2.75) is 78.9 Å². The minimum Gasteiger partial charge on any atom is -0.352 e. The van der Waals surface area contributed by atoms with Crippen LogP contribution in [0.1, 0.15) is 63.1 Å². The van der Waals surface area contributed by atoms with Crippen molar-refractivity contribution in [3.8, 4) is 0 Å². The van der Waals surface area contributed by atoms with Crippen LogP contribution in [0.2, 0.25) is 5.02 Å². The number of aryl methyl sites for hydroxylation is 2. The number of halogens is 1. The lowest BCUT2D eigenvalue weighted by Gasteiger charge is -2.32. The number of amides is 2. The van der Waals surface area contributed by atoms with Crippen LogP contribution in [0.25, 0.3) is 0 Å². The predicted octanol–water partition coefficient (Wildman–Crippen LogP) is 5.23. The first-order valence-corrected chi connectivity index (χ1v) is 15.0. The molecule has 2 aromatic carbocycles. The lowest BCUT2D eigenvalue weighted by Crippen LogP contribution is -2.50. The Kier molecular flexibility index (Phi) is 11.4. The standard InChI is InChI=1S/C28H40ClN3O4S/c1-7-22(5)30-28(34)26(8-2)31(19-23-12-9-10-13-25(23)29)27(33)14-11-15-32(37(6,35)36)24-17-20(3)16-21(4)18-24/h9-10,12-13,16-18,22,26H,7-8,11,14-15,19H2,1-6H3,(H,30,34). The van der Waals surface area contributed by atoms with Gasteiger partial charge in [0.05, 0.1) is 11.9 Å². The average molecular weight is 550 g/mol. The number of rotatable bonds is 13. The lowest BCUT2D eigenvalue weighted by molar-refractivity contribution is -0.141. The molecule has 0 radical (unpaired) electrons. The van der Waals surface area contributed by atoms with Crippen LogP contribution in [0.3, 0.4) is 0 Å². The van der Waals surface area contributed by atoms with Crippen LogP contribution < -0.4 is 9.62 Å². The van der Waals surface area contributed by atoms with E-state index in [1.54, 1.807) is 11.0 Å². The summed E-state index contributed by atoms with van der Waals surface area (Å²) in [7, 11) is -3.55. The van der Waals surface area contributed by atoms with E-state index < -0.39 is 16.1 Å². The SMILES string of the molecule is CCC(C)NC(=O)C(CC)N(Cc1ccccc1Cl)C(=O)CCCN(c1cc(C)cc(C)c1)S(C)(=O)=O. The van der Waals surface area contributed by atoms with Crippen LogP contribution in [0.15, 0.2) is 42.5 Å². The van der Waals surface area contributed by atoms with E-state index in [1.165, 1.54) is 10.6 Å². The van der Waals surface area contributed by atoms with Gasteiger partial charge in [-0.15, -0.1) is 0 Å². The van der Waals surface area contributed by atoms with E-state index in [2.05, 4.69) is 5.32 Å².